The molecule has 2 aromatic carbocycles. The number of nitrogens with one attached hydrogen (secondary N) is 1. The second-order valence-electron chi connectivity index (χ2n) is 3.92. The smallest absolute Gasteiger partial charge is 0.255 e. The lowest BCUT2D eigenvalue weighted by Gasteiger charge is -2.07. The number of benzene rings is 2. The number of carbonyl (C=O) groups is 1. The third-order valence-electron chi connectivity index (χ3n) is 2.54. The summed E-state index contributed by atoms with van der Waals surface area (Å²) in [6.07, 6.45) is 0. The summed E-state index contributed by atoms with van der Waals surface area (Å²) < 4.78 is 25.6. The first-order valence-corrected chi connectivity index (χ1v) is 5.39. The van der Waals surface area contributed by atoms with E-state index in [1.54, 1.807) is 6.92 Å². The van der Waals surface area contributed by atoms with E-state index in [1.807, 2.05) is 0 Å². The van der Waals surface area contributed by atoms with Crippen molar-refractivity contribution in [3.05, 3.63) is 65.2 Å². The molecule has 0 aliphatic carbocycles. The molecule has 0 atom stereocenters. The van der Waals surface area contributed by atoms with Crippen molar-refractivity contribution < 1.29 is 13.6 Å². The van der Waals surface area contributed by atoms with Gasteiger partial charge in [0.1, 0.15) is 11.6 Å². The van der Waals surface area contributed by atoms with Crippen molar-refractivity contribution >= 4 is 11.6 Å². The highest BCUT2D eigenvalue weighted by atomic mass is 19.1. The van der Waals surface area contributed by atoms with Crippen molar-refractivity contribution in [1.29, 1.82) is 0 Å². The molecule has 0 heterocycles. The minimum atomic E-state index is -0.383. The van der Waals surface area contributed by atoms with Crippen molar-refractivity contribution in [3.8, 4) is 0 Å². The summed E-state index contributed by atoms with van der Waals surface area (Å²) in [6, 6.07) is 9.38. The Balaban J connectivity index is 2.19. The Bertz CT molecular complexity index is 579. The summed E-state index contributed by atoms with van der Waals surface area (Å²) in [5, 5.41) is 2.62. The van der Waals surface area contributed by atoms with Gasteiger partial charge in [-0.25, -0.2) is 8.78 Å². The average molecular weight is 247 g/mol. The van der Waals surface area contributed by atoms with Gasteiger partial charge < -0.3 is 5.32 Å². The van der Waals surface area contributed by atoms with Crippen LogP contribution in [0.2, 0.25) is 0 Å². The molecule has 2 nitrogen and oxygen atoms in total. The maximum absolute atomic E-state index is 12.9. The molecule has 0 bridgehead atoms. The van der Waals surface area contributed by atoms with Crippen LogP contribution in [0.5, 0.6) is 0 Å². The normalized spacial score (nSPS) is 10.2. The van der Waals surface area contributed by atoms with E-state index < -0.39 is 0 Å². The highest BCUT2D eigenvalue weighted by molar-refractivity contribution is 6.05. The van der Waals surface area contributed by atoms with E-state index in [0.717, 1.165) is 0 Å². The zero-order valence-electron chi connectivity index (χ0n) is 9.71. The van der Waals surface area contributed by atoms with Crippen molar-refractivity contribution in [3.63, 3.8) is 0 Å². The Labute approximate surface area is 103 Å². The second kappa shape index (κ2) is 4.96. The lowest BCUT2D eigenvalue weighted by Crippen LogP contribution is -2.13. The van der Waals surface area contributed by atoms with Gasteiger partial charge in [-0.3, -0.25) is 4.79 Å². The first-order chi connectivity index (χ1) is 8.56. The van der Waals surface area contributed by atoms with Crippen LogP contribution in [0.3, 0.4) is 0 Å². The van der Waals surface area contributed by atoms with Gasteiger partial charge in [0.2, 0.25) is 0 Å². The molecule has 0 unspecified atom stereocenters. The Morgan fingerprint density at radius 1 is 1.00 bits per heavy atom. The standard InChI is InChI=1S/C14H11F2NO/c1-9-8-11(16)4-7-13(9)14(18)17-12-5-2-10(15)3-6-12/h2-8H,1H3,(H,17,18). The molecule has 1 N–H and O–H groups in total. The lowest BCUT2D eigenvalue weighted by atomic mass is 10.1. The first-order valence-electron chi connectivity index (χ1n) is 5.39. The Hall–Kier alpha value is -2.23. The minimum Gasteiger partial charge on any atom is -0.322 e. The van der Waals surface area contributed by atoms with E-state index in [1.165, 1.54) is 42.5 Å². The van der Waals surface area contributed by atoms with Crippen molar-refractivity contribution in [2.24, 2.45) is 0 Å². The van der Waals surface area contributed by atoms with Crippen LogP contribution < -0.4 is 5.32 Å². The number of hydrogen-bond donors (Lipinski definition) is 1. The van der Waals surface area contributed by atoms with Crippen molar-refractivity contribution in [2.45, 2.75) is 6.92 Å². The van der Waals surface area contributed by atoms with Gasteiger partial charge in [-0.15, -0.1) is 0 Å². The summed E-state index contributed by atoms with van der Waals surface area (Å²) in [5.74, 6) is -1.10. The van der Waals surface area contributed by atoms with Gasteiger partial charge in [-0.2, -0.15) is 0 Å². The van der Waals surface area contributed by atoms with Gasteiger partial charge in [0.15, 0.2) is 0 Å². The third-order valence-corrected chi connectivity index (χ3v) is 2.54. The molecule has 0 spiro atoms. The van der Waals surface area contributed by atoms with Crippen LogP contribution in [0.4, 0.5) is 14.5 Å². The molecule has 0 saturated carbocycles. The molecule has 0 aliphatic rings. The predicted octanol–water partition coefficient (Wildman–Crippen LogP) is 3.53. The van der Waals surface area contributed by atoms with E-state index in [2.05, 4.69) is 5.32 Å². The molecular weight excluding hydrogens is 236 g/mol. The van der Waals surface area contributed by atoms with Gasteiger partial charge in [-0.05, 0) is 55.0 Å². The first kappa shape index (κ1) is 12.2. The van der Waals surface area contributed by atoms with Crippen LogP contribution in [-0.2, 0) is 0 Å². The SMILES string of the molecule is Cc1cc(F)ccc1C(=O)Nc1ccc(F)cc1. The number of anilines is 1. The molecule has 2 aromatic rings. The molecule has 0 saturated heterocycles. The van der Waals surface area contributed by atoms with E-state index in [0.29, 0.717) is 16.8 Å². The number of hydrogen-bond acceptors (Lipinski definition) is 1. The molecule has 92 valence electrons. The number of aryl methyl sites for hydroxylation is 1. The molecule has 0 aromatic heterocycles. The third kappa shape index (κ3) is 2.71. The maximum atomic E-state index is 12.9. The van der Waals surface area contributed by atoms with Gasteiger partial charge in [-0.1, -0.05) is 0 Å². The number of carbonyl (C=O) groups excluding carboxylic acids is 1. The van der Waals surface area contributed by atoms with E-state index in [9.17, 15) is 13.6 Å². The quantitative estimate of drug-likeness (QED) is 0.864. The van der Waals surface area contributed by atoms with Crippen LogP contribution in [0, 0.1) is 18.6 Å². The minimum absolute atomic E-state index is 0.348. The fourth-order valence-electron chi connectivity index (χ4n) is 1.61. The molecule has 2 rings (SSSR count). The maximum Gasteiger partial charge on any atom is 0.255 e. The number of halogens is 2. The summed E-state index contributed by atoms with van der Waals surface area (Å²) in [6.45, 7) is 1.66. The predicted molar refractivity (Wildman–Crippen MR) is 65.5 cm³/mol. The molecule has 1 amide bonds. The van der Waals surface area contributed by atoms with E-state index in [-0.39, 0.29) is 17.5 Å². The average Bonchev–Trinajstić information content (AvgIpc) is 2.32. The fraction of sp³-hybridized carbons (Fsp3) is 0.0714. The molecular formula is C14H11F2NO. The summed E-state index contributed by atoms with van der Waals surface area (Å²) in [7, 11) is 0. The zero-order valence-corrected chi connectivity index (χ0v) is 9.71. The highest BCUT2D eigenvalue weighted by Gasteiger charge is 2.09. The Morgan fingerprint density at radius 3 is 2.22 bits per heavy atom. The summed E-state index contributed by atoms with van der Waals surface area (Å²) in [4.78, 5) is 11.9. The second-order valence-corrected chi connectivity index (χ2v) is 3.92. The largest absolute Gasteiger partial charge is 0.322 e. The molecule has 0 aliphatic heterocycles. The fourth-order valence-corrected chi connectivity index (χ4v) is 1.61. The summed E-state index contributed by atoms with van der Waals surface area (Å²) in [5.41, 5.74) is 1.43. The van der Waals surface area contributed by atoms with Crippen LogP contribution >= 0.6 is 0 Å². The Morgan fingerprint density at radius 2 is 1.61 bits per heavy atom. The lowest BCUT2D eigenvalue weighted by molar-refractivity contribution is 0.102. The van der Waals surface area contributed by atoms with Gasteiger partial charge in [0.25, 0.3) is 5.91 Å². The van der Waals surface area contributed by atoms with Crippen LogP contribution in [0.1, 0.15) is 15.9 Å². The molecule has 18 heavy (non-hydrogen) atoms. The molecule has 0 radical (unpaired) electrons. The Kier molecular flexibility index (Phi) is 3.37. The van der Waals surface area contributed by atoms with E-state index in [4.69, 9.17) is 0 Å². The van der Waals surface area contributed by atoms with Gasteiger partial charge in [0, 0.05) is 11.3 Å². The van der Waals surface area contributed by atoms with E-state index >= 15 is 0 Å². The van der Waals surface area contributed by atoms with Gasteiger partial charge in [0.05, 0.1) is 0 Å². The topological polar surface area (TPSA) is 29.1 Å². The number of amides is 1. The van der Waals surface area contributed by atoms with Crippen LogP contribution in [0.15, 0.2) is 42.5 Å². The van der Waals surface area contributed by atoms with Crippen molar-refractivity contribution in [2.75, 3.05) is 5.32 Å². The van der Waals surface area contributed by atoms with Crippen molar-refractivity contribution in [1.82, 2.24) is 0 Å². The highest BCUT2D eigenvalue weighted by Crippen LogP contribution is 2.14. The molecule has 4 heteroatoms. The van der Waals surface area contributed by atoms with Crippen LogP contribution in [0.25, 0.3) is 0 Å². The van der Waals surface area contributed by atoms with Crippen LogP contribution in [-0.4, -0.2) is 5.91 Å². The van der Waals surface area contributed by atoms with Gasteiger partial charge >= 0.3 is 0 Å². The monoisotopic (exact) mass is 247 g/mol. The summed E-state index contributed by atoms with van der Waals surface area (Å²) >= 11 is 0. The zero-order chi connectivity index (χ0) is 13.1. The number of rotatable bonds is 2. The molecule has 0 fully saturated rings.